The van der Waals surface area contributed by atoms with Gasteiger partial charge in [0.15, 0.2) is 28.8 Å². The van der Waals surface area contributed by atoms with Crippen molar-refractivity contribution >= 4 is 23.6 Å². The molecule has 0 saturated carbocycles. The van der Waals surface area contributed by atoms with Gasteiger partial charge in [0.1, 0.15) is 30.4 Å². The zero-order valence-electron chi connectivity index (χ0n) is 21.6. The maximum absolute atomic E-state index is 14.1. The van der Waals surface area contributed by atoms with Gasteiger partial charge < -0.3 is 15.0 Å². The van der Waals surface area contributed by atoms with Crippen LogP contribution in [0.5, 0.6) is 0 Å². The molecule has 0 heterocycles. The number of hydrogen-bond donors (Lipinski definition) is 1. The second kappa shape index (κ2) is 14.6. The summed E-state index contributed by atoms with van der Waals surface area (Å²) in [6.45, 7) is 4.53. The molecule has 0 aliphatic heterocycles. The Morgan fingerprint density at radius 3 is 1.98 bits per heavy atom. The molecular weight excluding hydrogens is 549 g/mol. The number of likely N-dealkylation sites (N-methyl/N-ethyl adjacent to an activating group) is 1. The third kappa shape index (κ3) is 7.78. The number of allylic oxidation sites excluding steroid dienone is 4. The molecule has 2 aromatic carbocycles. The van der Waals surface area contributed by atoms with Gasteiger partial charge in [-0.2, -0.15) is 15.8 Å². The van der Waals surface area contributed by atoms with Gasteiger partial charge >= 0.3 is 5.97 Å². The van der Waals surface area contributed by atoms with Gasteiger partial charge in [0.25, 0.3) is 5.91 Å². The summed E-state index contributed by atoms with van der Waals surface area (Å²) >= 11 is 0. The van der Waals surface area contributed by atoms with Crippen molar-refractivity contribution in [2.75, 3.05) is 24.6 Å². The highest BCUT2D eigenvalue weighted by atomic mass is 19.2. The van der Waals surface area contributed by atoms with Gasteiger partial charge in [-0.05, 0) is 30.7 Å². The lowest BCUT2D eigenvalue weighted by Gasteiger charge is -2.22. The number of nitriles is 3. The third-order valence-electron chi connectivity index (χ3n) is 5.40. The Hall–Kier alpha value is -5.48. The smallest absolute Gasteiger partial charge is 0.302 e. The van der Waals surface area contributed by atoms with Crippen LogP contribution < -0.4 is 10.2 Å². The van der Waals surface area contributed by atoms with E-state index in [1.165, 1.54) is 31.2 Å². The van der Waals surface area contributed by atoms with E-state index in [9.17, 15) is 47.3 Å². The molecule has 0 fully saturated rings. The second-order valence-corrected chi connectivity index (χ2v) is 7.94. The van der Waals surface area contributed by atoms with Crippen LogP contribution in [0.15, 0.2) is 53.3 Å². The average molecular weight is 569 g/mol. The zero-order valence-corrected chi connectivity index (χ0v) is 21.6. The van der Waals surface area contributed by atoms with Gasteiger partial charge in [0.05, 0.1) is 17.8 Å². The van der Waals surface area contributed by atoms with E-state index in [1.807, 2.05) is 11.8 Å². The first-order valence-corrected chi connectivity index (χ1v) is 11.6. The fourth-order valence-corrected chi connectivity index (χ4v) is 3.38. The lowest BCUT2D eigenvalue weighted by molar-refractivity contribution is -0.140. The maximum Gasteiger partial charge on any atom is 0.302 e. The fraction of sp³-hybridized carbons (Fsp3) is 0.179. The molecule has 8 nitrogen and oxygen atoms in total. The number of nitrogens with one attached hydrogen (secondary N) is 1. The summed E-state index contributed by atoms with van der Waals surface area (Å²) in [7, 11) is 0. The average Bonchev–Trinajstić information content (AvgIpc) is 2.96. The highest BCUT2D eigenvalue weighted by molar-refractivity contribution is 5.97. The number of halogens is 5. The Morgan fingerprint density at radius 2 is 1.49 bits per heavy atom. The Morgan fingerprint density at radius 1 is 0.927 bits per heavy atom. The summed E-state index contributed by atoms with van der Waals surface area (Å²) in [5.41, 5.74) is -2.61. The van der Waals surface area contributed by atoms with Crippen molar-refractivity contribution < 1.29 is 36.3 Å². The van der Waals surface area contributed by atoms with E-state index in [1.54, 1.807) is 35.7 Å². The number of anilines is 1. The van der Waals surface area contributed by atoms with Crippen LogP contribution in [0.25, 0.3) is 6.08 Å². The molecule has 0 aliphatic rings. The monoisotopic (exact) mass is 569 g/mol. The standard InChI is InChI=1S/C28H20F5N5O3/c1-3-38(11-12-41-16(2)39)20-9-7-17(8-10-20)5-4-6-18(13-34)27(19(14-35)15-36)37-28(40)21-22(29)24(31)26(33)25(32)23(21)30/h4-10H,3,11-12H2,1-2H3,(H,37,40). The van der Waals surface area contributed by atoms with Gasteiger partial charge in [-0.25, -0.2) is 22.0 Å². The fourth-order valence-electron chi connectivity index (χ4n) is 3.38. The summed E-state index contributed by atoms with van der Waals surface area (Å²) < 4.78 is 73.6. The number of hydrogen-bond acceptors (Lipinski definition) is 7. The molecule has 0 saturated heterocycles. The van der Waals surface area contributed by atoms with Gasteiger partial charge in [0.2, 0.25) is 5.82 Å². The molecule has 2 rings (SSSR count). The quantitative estimate of drug-likeness (QED) is 0.107. The lowest BCUT2D eigenvalue weighted by atomic mass is 10.1. The summed E-state index contributed by atoms with van der Waals surface area (Å²) in [6, 6.07) is 11.4. The van der Waals surface area contributed by atoms with E-state index < -0.39 is 63.4 Å². The Balaban J connectivity index is 2.36. The van der Waals surface area contributed by atoms with Crippen LogP contribution in [-0.2, 0) is 9.53 Å². The van der Waals surface area contributed by atoms with Gasteiger partial charge in [-0.1, -0.05) is 24.3 Å². The van der Waals surface area contributed by atoms with Gasteiger partial charge in [0, 0.05) is 19.2 Å². The van der Waals surface area contributed by atoms with E-state index in [2.05, 4.69) is 0 Å². The molecule has 41 heavy (non-hydrogen) atoms. The molecule has 13 heteroatoms. The third-order valence-corrected chi connectivity index (χ3v) is 5.40. The highest BCUT2D eigenvalue weighted by Crippen LogP contribution is 2.24. The number of carbonyl (C=O) groups excluding carboxylic acids is 2. The number of carbonyl (C=O) groups is 2. The number of amides is 1. The van der Waals surface area contributed by atoms with Crippen molar-refractivity contribution in [3.05, 3.63) is 93.5 Å². The number of rotatable bonds is 10. The van der Waals surface area contributed by atoms with Crippen LogP contribution in [0.2, 0.25) is 0 Å². The van der Waals surface area contributed by atoms with E-state index in [0.717, 1.165) is 11.8 Å². The summed E-state index contributed by atoms with van der Waals surface area (Å²) in [4.78, 5) is 25.4. The Bertz CT molecular complexity index is 1520. The van der Waals surface area contributed by atoms with E-state index in [4.69, 9.17) is 4.74 Å². The zero-order chi connectivity index (χ0) is 30.7. The van der Waals surface area contributed by atoms with E-state index in [-0.39, 0.29) is 6.61 Å². The molecule has 210 valence electrons. The Labute approximate surface area is 231 Å². The first kappa shape index (κ1) is 31.7. The van der Waals surface area contributed by atoms with Gasteiger partial charge in [-0.15, -0.1) is 0 Å². The van der Waals surface area contributed by atoms with Crippen molar-refractivity contribution in [3.8, 4) is 18.2 Å². The number of ether oxygens (including phenoxy) is 1. The molecule has 0 spiro atoms. The van der Waals surface area contributed by atoms with Gasteiger partial charge in [-0.3, -0.25) is 9.59 Å². The predicted molar refractivity (Wildman–Crippen MR) is 136 cm³/mol. The molecule has 0 aliphatic carbocycles. The molecule has 2 aromatic rings. The summed E-state index contributed by atoms with van der Waals surface area (Å²) in [5, 5.41) is 29.8. The molecular formula is C28H20F5N5O3. The van der Waals surface area contributed by atoms with Crippen molar-refractivity contribution in [1.82, 2.24) is 5.32 Å². The van der Waals surface area contributed by atoms with Crippen molar-refractivity contribution in [1.29, 1.82) is 15.8 Å². The molecule has 0 unspecified atom stereocenters. The largest absolute Gasteiger partial charge is 0.464 e. The summed E-state index contributed by atoms with van der Waals surface area (Å²) in [6.07, 6.45) is 3.88. The normalized spacial score (nSPS) is 10.8. The molecule has 0 radical (unpaired) electrons. The Kier molecular flexibility index (Phi) is 11.3. The SMILES string of the molecule is CCN(CCOC(C)=O)c1ccc(C=CC=C(C#N)C(NC(=O)c2c(F)c(F)c(F)c(F)c2F)=C(C#N)C#N)cc1. The number of benzene rings is 2. The van der Waals surface area contributed by atoms with E-state index >= 15 is 0 Å². The molecule has 1 N–H and O–H groups in total. The number of nitrogens with zero attached hydrogens (tertiary/aromatic N) is 4. The van der Waals surface area contributed by atoms with Crippen LogP contribution in [0, 0.1) is 63.1 Å². The van der Waals surface area contributed by atoms with Crippen molar-refractivity contribution in [2.24, 2.45) is 0 Å². The minimum absolute atomic E-state index is 0.205. The highest BCUT2D eigenvalue weighted by Gasteiger charge is 2.30. The molecule has 0 bridgehead atoms. The molecule has 0 aromatic heterocycles. The number of esters is 1. The first-order chi connectivity index (χ1) is 19.5. The van der Waals surface area contributed by atoms with Crippen LogP contribution in [-0.4, -0.2) is 31.6 Å². The second-order valence-electron chi connectivity index (χ2n) is 7.94. The van der Waals surface area contributed by atoms with Crippen LogP contribution in [0.1, 0.15) is 29.8 Å². The predicted octanol–water partition coefficient (Wildman–Crippen LogP) is 4.97. The topological polar surface area (TPSA) is 130 Å². The van der Waals surface area contributed by atoms with Crippen LogP contribution in [0.3, 0.4) is 0 Å². The minimum atomic E-state index is -2.48. The molecule has 1 amide bonds. The van der Waals surface area contributed by atoms with Crippen molar-refractivity contribution in [2.45, 2.75) is 13.8 Å². The van der Waals surface area contributed by atoms with Crippen LogP contribution >= 0.6 is 0 Å². The minimum Gasteiger partial charge on any atom is -0.464 e. The van der Waals surface area contributed by atoms with Crippen molar-refractivity contribution in [3.63, 3.8) is 0 Å². The van der Waals surface area contributed by atoms with E-state index in [0.29, 0.717) is 18.7 Å². The maximum atomic E-state index is 14.1. The molecule has 0 atom stereocenters. The summed E-state index contributed by atoms with van der Waals surface area (Å²) in [5.74, 6) is -14.4. The lowest BCUT2D eigenvalue weighted by Crippen LogP contribution is -2.28. The first-order valence-electron chi connectivity index (χ1n) is 11.6. The van der Waals surface area contributed by atoms with Crippen LogP contribution in [0.4, 0.5) is 27.6 Å².